The predicted molar refractivity (Wildman–Crippen MR) is 117 cm³/mol. The Morgan fingerprint density at radius 2 is 1.72 bits per heavy atom. The van der Waals surface area contributed by atoms with Gasteiger partial charge in [-0.1, -0.05) is 30.0 Å². The highest BCUT2D eigenvalue weighted by Gasteiger charge is 2.36. The minimum atomic E-state index is -1.03. The number of carbonyl (C=O) groups is 3. The number of benzene rings is 1. The van der Waals surface area contributed by atoms with Crippen molar-refractivity contribution in [2.75, 3.05) is 0 Å². The third-order valence-electron chi connectivity index (χ3n) is 4.21. The highest BCUT2D eigenvalue weighted by molar-refractivity contribution is 8.13. The summed E-state index contributed by atoms with van der Waals surface area (Å²) in [4.78, 5) is 39.0. The number of alkyl carbamates (subject to hydrolysis) is 1. The molecule has 0 fully saturated rings. The second-order valence-corrected chi connectivity index (χ2v) is 9.71. The third kappa shape index (κ3) is 6.44. The number of rotatable bonds is 6. The van der Waals surface area contributed by atoms with Crippen molar-refractivity contribution in [3.63, 3.8) is 0 Å². The highest BCUT2D eigenvalue weighted by Crippen LogP contribution is 2.34. The summed E-state index contributed by atoms with van der Waals surface area (Å²) in [5.41, 5.74) is 1.96. The fraction of sp³-hybridized carbons (Fsp3) is 0.409. The molecule has 1 heterocycles. The number of aryl methyl sites for hydroxylation is 2. The zero-order chi connectivity index (χ0) is 21.8. The zero-order valence-corrected chi connectivity index (χ0v) is 19.2. The topological polar surface area (TPSA) is 72.5 Å². The minimum absolute atomic E-state index is 0.304. The molecule has 0 radical (unpaired) electrons. The largest absolute Gasteiger partial charge is 0.444 e. The van der Waals surface area contributed by atoms with Gasteiger partial charge in [-0.15, -0.1) is 0 Å². The molecule has 1 aromatic heterocycles. The fourth-order valence-corrected chi connectivity index (χ4v) is 4.69. The van der Waals surface area contributed by atoms with Crippen LogP contribution in [0.15, 0.2) is 39.9 Å². The summed E-state index contributed by atoms with van der Waals surface area (Å²) >= 11 is 2.49. The third-order valence-corrected chi connectivity index (χ3v) is 6.22. The summed E-state index contributed by atoms with van der Waals surface area (Å²) in [5.74, 6) is -1.33. The van der Waals surface area contributed by atoms with Gasteiger partial charge in [0, 0.05) is 4.90 Å². The van der Waals surface area contributed by atoms with E-state index in [9.17, 15) is 14.4 Å². The van der Waals surface area contributed by atoms with Crippen LogP contribution in [0.2, 0.25) is 0 Å². The van der Waals surface area contributed by atoms with Crippen LogP contribution in [0.5, 0.6) is 0 Å². The van der Waals surface area contributed by atoms with Crippen molar-refractivity contribution in [3.05, 3.63) is 51.7 Å². The van der Waals surface area contributed by atoms with Crippen molar-refractivity contribution in [1.82, 2.24) is 5.32 Å². The Hall–Kier alpha value is -2.12. The van der Waals surface area contributed by atoms with E-state index in [-0.39, 0.29) is 10.9 Å². The molecule has 0 saturated carbocycles. The van der Waals surface area contributed by atoms with E-state index in [2.05, 4.69) is 5.32 Å². The van der Waals surface area contributed by atoms with Crippen LogP contribution in [-0.4, -0.2) is 22.6 Å². The smallest absolute Gasteiger partial charge is 0.408 e. The van der Waals surface area contributed by atoms with Gasteiger partial charge in [-0.05, 0) is 75.1 Å². The maximum Gasteiger partial charge on any atom is 0.408 e. The minimum Gasteiger partial charge on any atom is -0.444 e. The number of hydrogen-bond acceptors (Lipinski definition) is 6. The van der Waals surface area contributed by atoms with Crippen molar-refractivity contribution >= 4 is 40.1 Å². The molecule has 2 aromatic rings. The van der Waals surface area contributed by atoms with Crippen LogP contribution < -0.4 is 5.32 Å². The number of hydrogen-bond donors (Lipinski definition) is 1. The van der Waals surface area contributed by atoms with E-state index in [0.29, 0.717) is 5.56 Å². The summed E-state index contributed by atoms with van der Waals surface area (Å²) < 4.78 is 5.36. The predicted octanol–water partition coefficient (Wildman–Crippen LogP) is 5.45. The molecule has 0 aliphatic heterocycles. The number of thiophene rings is 1. The van der Waals surface area contributed by atoms with Crippen molar-refractivity contribution < 1.29 is 19.1 Å². The SMILES string of the molecule is CC(=O)C(C(=O)Sc1c(C)cccc1C)[C@@H](NC(=O)OC(C)(C)C)c1ccsc1. The lowest BCUT2D eigenvalue weighted by Gasteiger charge is -2.27. The molecule has 0 bridgehead atoms. The lowest BCUT2D eigenvalue weighted by atomic mass is 9.92. The molecule has 1 aromatic carbocycles. The Kier molecular flexibility index (Phi) is 7.66. The molecule has 1 amide bonds. The molecule has 0 spiro atoms. The summed E-state index contributed by atoms with van der Waals surface area (Å²) in [7, 11) is 0. The molecule has 156 valence electrons. The van der Waals surface area contributed by atoms with E-state index in [4.69, 9.17) is 4.74 Å². The number of ketones is 1. The summed E-state index contributed by atoms with van der Waals surface area (Å²) in [6.07, 6.45) is -0.662. The van der Waals surface area contributed by atoms with Gasteiger partial charge < -0.3 is 10.1 Å². The molecule has 7 heteroatoms. The molecule has 0 aliphatic carbocycles. The van der Waals surface area contributed by atoms with Gasteiger partial charge in [-0.25, -0.2) is 4.79 Å². The molecule has 0 saturated heterocycles. The molecular weight excluding hydrogens is 406 g/mol. The molecule has 1 N–H and O–H groups in total. The lowest BCUT2D eigenvalue weighted by molar-refractivity contribution is -0.128. The number of amides is 1. The number of nitrogens with one attached hydrogen (secondary N) is 1. The summed E-state index contributed by atoms with van der Waals surface area (Å²) in [6.45, 7) is 10.5. The van der Waals surface area contributed by atoms with E-state index in [1.54, 1.807) is 26.8 Å². The molecule has 29 heavy (non-hydrogen) atoms. The van der Waals surface area contributed by atoms with Crippen LogP contribution in [0, 0.1) is 19.8 Å². The Morgan fingerprint density at radius 3 is 2.21 bits per heavy atom. The van der Waals surface area contributed by atoms with Crippen LogP contribution in [0.25, 0.3) is 0 Å². The summed E-state index contributed by atoms with van der Waals surface area (Å²) in [6, 6.07) is 6.80. The molecule has 5 nitrogen and oxygen atoms in total. The van der Waals surface area contributed by atoms with Gasteiger partial charge in [-0.2, -0.15) is 11.3 Å². The standard InChI is InChI=1S/C22H27NO4S2/c1-13-8-7-9-14(2)19(13)29-20(25)17(15(3)24)18(16-10-11-28-12-16)23-21(26)27-22(4,5)6/h7-12,17-18H,1-6H3,(H,23,26)/t17?,18-/m0/s1. The lowest BCUT2D eigenvalue weighted by Crippen LogP contribution is -2.41. The Balaban J connectivity index is 2.35. The maximum atomic E-state index is 13.2. The molecule has 1 unspecified atom stereocenters. The van der Waals surface area contributed by atoms with Crippen molar-refractivity contribution in [2.24, 2.45) is 5.92 Å². The zero-order valence-electron chi connectivity index (χ0n) is 17.6. The van der Waals surface area contributed by atoms with Gasteiger partial charge in [0.05, 0.1) is 6.04 Å². The molecular formula is C22H27NO4S2. The second kappa shape index (κ2) is 9.59. The van der Waals surface area contributed by atoms with E-state index in [1.165, 1.54) is 18.3 Å². The quantitative estimate of drug-likeness (QED) is 0.484. The first-order chi connectivity index (χ1) is 13.5. The van der Waals surface area contributed by atoms with Crippen LogP contribution in [0.4, 0.5) is 4.79 Å². The van der Waals surface area contributed by atoms with Crippen molar-refractivity contribution in [2.45, 2.75) is 58.1 Å². The highest BCUT2D eigenvalue weighted by atomic mass is 32.2. The molecule has 0 aliphatic rings. The van der Waals surface area contributed by atoms with E-state index in [0.717, 1.165) is 27.8 Å². The number of ether oxygens (including phenoxy) is 1. The summed E-state index contributed by atoms with van der Waals surface area (Å²) in [5, 5.41) is 6.12. The van der Waals surface area contributed by atoms with Crippen LogP contribution in [0.3, 0.4) is 0 Å². The van der Waals surface area contributed by atoms with Crippen LogP contribution in [0.1, 0.15) is 50.4 Å². The number of carbonyl (C=O) groups excluding carboxylic acids is 3. The van der Waals surface area contributed by atoms with E-state index < -0.39 is 23.7 Å². The van der Waals surface area contributed by atoms with Gasteiger partial charge >= 0.3 is 6.09 Å². The fourth-order valence-electron chi connectivity index (χ4n) is 2.91. The normalized spacial score (nSPS) is 13.4. The van der Waals surface area contributed by atoms with Gasteiger partial charge in [0.15, 0.2) is 0 Å². The van der Waals surface area contributed by atoms with Gasteiger partial charge in [0.1, 0.15) is 17.3 Å². The Labute approximate surface area is 180 Å². The monoisotopic (exact) mass is 433 g/mol. The van der Waals surface area contributed by atoms with Crippen molar-refractivity contribution in [1.29, 1.82) is 0 Å². The molecule has 2 rings (SSSR count). The average Bonchev–Trinajstić information content (AvgIpc) is 3.10. The first kappa shape index (κ1) is 23.2. The van der Waals surface area contributed by atoms with Crippen LogP contribution in [-0.2, 0) is 14.3 Å². The van der Waals surface area contributed by atoms with Crippen LogP contribution >= 0.6 is 23.1 Å². The van der Waals surface area contributed by atoms with Gasteiger partial charge in [0.2, 0.25) is 5.12 Å². The second-order valence-electron chi connectivity index (χ2n) is 7.91. The van der Waals surface area contributed by atoms with Crippen molar-refractivity contribution in [3.8, 4) is 0 Å². The van der Waals surface area contributed by atoms with Gasteiger partial charge in [0.25, 0.3) is 0 Å². The molecule has 2 atom stereocenters. The maximum absolute atomic E-state index is 13.2. The van der Waals surface area contributed by atoms with E-state index >= 15 is 0 Å². The average molecular weight is 434 g/mol. The van der Waals surface area contributed by atoms with Gasteiger partial charge in [-0.3, -0.25) is 9.59 Å². The van der Waals surface area contributed by atoms with E-state index in [1.807, 2.05) is 42.8 Å². The number of Topliss-reactive ketones (excluding diaryl/α,β-unsaturated/α-hetero) is 1. The first-order valence-electron chi connectivity index (χ1n) is 9.29. The number of thioether (sulfide) groups is 1. The Morgan fingerprint density at radius 1 is 1.10 bits per heavy atom. The first-order valence-corrected chi connectivity index (χ1v) is 11.1. The Bertz CT molecular complexity index is 864.